The van der Waals surface area contributed by atoms with Gasteiger partial charge in [0.15, 0.2) is 0 Å². The summed E-state index contributed by atoms with van der Waals surface area (Å²) in [6.07, 6.45) is 0. The summed E-state index contributed by atoms with van der Waals surface area (Å²) in [6.45, 7) is 4.86. The van der Waals surface area contributed by atoms with Crippen molar-refractivity contribution < 1.29 is 4.79 Å². The number of nitrogens with one attached hydrogen (secondary N) is 1. The highest BCUT2D eigenvalue weighted by Crippen LogP contribution is 2.20. The third-order valence-electron chi connectivity index (χ3n) is 3.02. The Kier molecular flexibility index (Phi) is 4.90. The first-order valence-corrected chi connectivity index (χ1v) is 7.70. The molecular formula is C15H20N4OS. The second-order valence-electron chi connectivity index (χ2n) is 5.22. The maximum Gasteiger partial charge on any atom is 0.272 e. The van der Waals surface area contributed by atoms with E-state index in [1.165, 1.54) is 4.90 Å². The zero-order valence-corrected chi connectivity index (χ0v) is 13.6. The van der Waals surface area contributed by atoms with Gasteiger partial charge in [-0.3, -0.25) is 4.79 Å². The van der Waals surface area contributed by atoms with Crippen molar-refractivity contribution in [3.8, 4) is 0 Å². The molecule has 1 unspecified atom stereocenters. The molecule has 0 aromatic carbocycles. The van der Waals surface area contributed by atoms with Crippen LogP contribution in [0.5, 0.6) is 0 Å². The van der Waals surface area contributed by atoms with Gasteiger partial charge in [-0.05, 0) is 19.1 Å². The van der Waals surface area contributed by atoms with Crippen LogP contribution in [-0.4, -0.2) is 41.4 Å². The van der Waals surface area contributed by atoms with E-state index in [0.717, 1.165) is 17.2 Å². The molecule has 0 aliphatic heterocycles. The largest absolute Gasteiger partial charge is 0.369 e. The monoisotopic (exact) mass is 304 g/mol. The lowest BCUT2D eigenvalue weighted by molar-refractivity contribution is 0.0822. The molecule has 0 bridgehead atoms. The Hall–Kier alpha value is -1.95. The molecule has 112 valence electrons. The predicted octanol–water partition coefficient (Wildman–Crippen LogP) is 2.76. The van der Waals surface area contributed by atoms with Crippen molar-refractivity contribution in [3.63, 3.8) is 0 Å². The fraction of sp³-hybridized carbons (Fsp3) is 0.400. The molecule has 1 amide bonds. The minimum absolute atomic E-state index is 0.0951. The van der Waals surface area contributed by atoms with Gasteiger partial charge < -0.3 is 10.2 Å². The first-order chi connectivity index (χ1) is 9.97. The molecule has 1 N–H and O–H groups in total. The van der Waals surface area contributed by atoms with Crippen molar-refractivity contribution in [2.24, 2.45) is 0 Å². The molecule has 2 aromatic rings. The van der Waals surface area contributed by atoms with Gasteiger partial charge in [-0.25, -0.2) is 9.97 Å². The maximum atomic E-state index is 11.9. The maximum absolute atomic E-state index is 11.9. The average molecular weight is 304 g/mol. The predicted molar refractivity (Wildman–Crippen MR) is 86.0 cm³/mol. The number of carbonyl (C=O) groups is 1. The second kappa shape index (κ2) is 6.67. The molecule has 6 heteroatoms. The van der Waals surface area contributed by atoms with Gasteiger partial charge in [-0.15, -0.1) is 11.3 Å². The third kappa shape index (κ3) is 4.01. The Balaban J connectivity index is 2.00. The van der Waals surface area contributed by atoms with Crippen molar-refractivity contribution >= 4 is 23.1 Å². The molecule has 1 atom stereocenters. The number of hydrogen-bond donors (Lipinski definition) is 1. The number of aryl methyl sites for hydroxylation is 1. The van der Waals surface area contributed by atoms with E-state index in [9.17, 15) is 4.79 Å². The fourth-order valence-corrected chi connectivity index (χ4v) is 2.68. The molecule has 0 aliphatic rings. The van der Waals surface area contributed by atoms with Gasteiger partial charge in [-0.1, -0.05) is 13.0 Å². The van der Waals surface area contributed by atoms with Crippen molar-refractivity contribution in [1.29, 1.82) is 0 Å². The summed E-state index contributed by atoms with van der Waals surface area (Å²) in [5.41, 5.74) is 1.50. The van der Waals surface area contributed by atoms with Crippen LogP contribution in [0.3, 0.4) is 0 Å². The molecule has 0 saturated heterocycles. The molecule has 2 heterocycles. The standard InChI is InChI=1S/C15H20N4OS/c1-10(14-17-11(2)9-21-14)8-16-13-7-5-6-12(18-13)15(20)19(3)4/h5-7,9-10H,8H2,1-4H3,(H,16,18). The summed E-state index contributed by atoms with van der Waals surface area (Å²) in [7, 11) is 3.44. The van der Waals surface area contributed by atoms with E-state index in [1.807, 2.05) is 19.1 Å². The van der Waals surface area contributed by atoms with Gasteiger partial charge in [0.25, 0.3) is 5.91 Å². The Morgan fingerprint density at radius 3 is 2.76 bits per heavy atom. The SMILES string of the molecule is Cc1csc(C(C)CNc2cccc(C(=O)N(C)C)n2)n1. The Labute approximate surface area is 129 Å². The van der Waals surface area contributed by atoms with Crippen LogP contribution in [0.4, 0.5) is 5.82 Å². The highest BCUT2D eigenvalue weighted by atomic mass is 32.1. The minimum atomic E-state index is -0.0951. The molecule has 0 saturated carbocycles. The molecule has 5 nitrogen and oxygen atoms in total. The summed E-state index contributed by atoms with van der Waals surface area (Å²) < 4.78 is 0. The molecule has 2 aromatic heterocycles. The van der Waals surface area contributed by atoms with Crippen LogP contribution in [0.15, 0.2) is 23.6 Å². The van der Waals surface area contributed by atoms with Crippen molar-refractivity contribution in [3.05, 3.63) is 40.0 Å². The lowest BCUT2D eigenvalue weighted by atomic mass is 10.2. The topological polar surface area (TPSA) is 58.1 Å². The lowest BCUT2D eigenvalue weighted by Gasteiger charge is -2.13. The first-order valence-electron chi connectivity index (χ1n) is 6.82. The van der Waals surface area contributed by atoms with Crippen LogP contribution in [-0.2, 0) is 0 Å². The van der Waals surface area contributed by atoms with Gasteiger partial charge in [0.1, 0.15) is 11.5 Å². The molecule has 0 radical (unpaired) electrons. The summed E-state index contributed by atoms with van der Waals surface area (Å²) >= 11 is 1.67. The van der Waals surface area contributed by atoms with Crippen molar-refractivity contribution in [2.75, 3.05) is 26.0 Å². The van der Waals surface area contributed by atoms with Crippen LogP contribution in [0.2, 0.25) is 0 Å². The zero-order chi connectivity index (χ0) is 15.4. The summed E-state index contributed by atoms with van der Waals surface area (Å²) in [5, 5.41) is 6.44. The van der Waals surface area contributed by atoms with Gasteiger partial charge >= 0.3 is 0 Å². The number of rotatable bonds is 5. The summed E-state index contributed by atoms with van der Waals surface area (Å²) in [5.74, 6) is 0.920. The Morgan fingerprint density at radius 2 is 2.14 bits per heavy atom. The number of nitrogens with zero attached hydrogens (tertiary/aromatic N) is 3. The van der Waals surface area contributed by atoms with E-state index in [4.69, 9.17) is 0 Å². The average Bonchev–Trinajstić information content (AvgIpc) is 2.91. The number of hydrogen-bond acceptors (Lipinski definition) is 5. The van der Waals surface area contributed by atoms with E-state index < -0.39 is 0 Å². The smallest absolute Gasteiger partial charge is 0.272 e. The normalized spacial score (nSPS) is 12.0. The van der Waals surface area contributed by atoms with E-state index in [1.54, 1.807) is 31.5 Å². The molecule has 0 spiro atoms. The van der Waals surface area contributed by atoms with Crippen molar-refractivity contribution in [1.82, 2.24) is 14.9 Å². The van der Waals surface area contributed by atoms with E-state index in [2.05, 4.69) is 27.6 Å². The fourth-order valence-electron chi connectivity index (χ4n) is 1.82. The van der Waals surface area contributed by atoms with E-state index in [-0.39, 0.29) is 5.91 Å². The molecule has 21 heavy (non-hydrogen) atoms. The van der Waals surface area contributed by atoms with E-state index >= 15 is 0 Å². The Bertz CT molecular complexity index is 624. The van der Waals surface area contributed by atoms with Crippen LogP contribution < -0.4 is 5.32 Å². The van der Waals surface area contributed by atoms with Crippen LogP contribution in [0.25, 0.3) is 0 Å². The van der Waals surface area contributed by atoms with Gasteiger partial charge in [0.2, 0.25) is 0 Å². The molecular weight excluding hydrogens is 284 g/mol. The first kappa shape index (κ1) is 15.4. The molecule has 2 rings (SSSR count). The van der Waals surface area contributed by atoms with Gasteiger partial charge in [0.05, 0.1) is 5.01 Å². The molecule has 0 fully saturated rings. The highest BCUT2D eigenvalue weighted by Gasteiger charge is 2.12. The summed E-state index contributed by atoms with van der Waals surface area (Å²) in [4.78, 5) is 22.2. The second-order valence-corrected chi connectivity index (χ2v) is 6.11. The van der Waals surface area contributed by atoms with Crippen LogP contribution >= 0.6 is 11.3 Å². The number of thiazole rings is 1. The summed E-state index contributed by atoms with van der Waals surface area (Å²) in [6, 6.07) is 5.43. The third-order valence-corrected chi connectivity index (χ3v) is 4.22. The number of anilines is 1. The lowest BCUT2D eigenvalue weighted by Crippen LogP contribution is -2.23. The van der Waals surface area contributed by atoms with E-state index in [0.29, 0.717) is 17.4 Å². The molecule has 0 aliphatic carbocycles. The number of amides is 1. The number of pyridine rings is 1. The highest BCUT2D eigenvalue weighted by molar-refractivity contribution is 7.09. The number of carbonyl (C=O) groups excluding carboxylic acids is 1. The number of aromatic nitrogens is 2. The van der Waals surface area contributed by atoms with Crippen LogP contribution in [0, 0.1) is 6.92 Å². The zero-order valence-electron chi connectivity index (χ0n) is 12.8. The van der Waals surface area contributed by atoms with Gasteiger partial charge in [-0.2, -0.15) is 0 Å². The van der Waals surface area contributed by atoms with Crippen molar-refractivity contribution in [2.45, 2.75) is 19.8 Å². The van der Waals surface area contributed by atoms with Gasteiger partial charge in [0, 0.05) is 37.6 Å². The minimum Gasteiger partial charge on any atom is -0.369 e. The quantitative estimate of drug-likeness (QED) is 0.923. The van der Waals surface area contributed by atoms with Crippen LogP contribution in [0.1, 0.15) is 34.0 Å². The Morgan fingerprint density at radius 1 is 1.38 bits per heavy atom.